The Labute approximate surface area is 172 Å². The molecule has 2 N–H and O–H groups in total. The summed E-state index contributed by atoms with van der Waals surface area (Å²) in [5, 5.41) is 4.58. The van der Waals surface area contributed by atoms with E-state index in [4.69, 9.17) is 9.97 Å². The number of aryl methyl sites for hydroxylation is 1. The highest BCUT2D eigenvalue weighted by atomic mass is 32.1. The summed E-state index contributed by atoms with van der Waals surface area (Å²) in [6, 6.07) is 20.3. The molecule has 6 heteroatoms. The molecule has 0 saturated heterocycles. The van der Waals surface area contributed by atoms with E-state index in [1.807, 2.05) is 36.5 Å². The first-order valence-electron chi connectivity index (χ1n) is 9.43. The Morgan fingerprint density at radius 2 is 1.83 bits per heavy atom. The van der Waals surface area contributed by atoms with Gasteiger partial charge in [-0.3, -0.25) is 4.98 Å². The molecule has 0 aliphatic carbocycles. The van der Waals surface area contributed by atoms with Crippen molar-refractivity contribution in [3.8, 4) is 22.6 Å². The van der Waals surface area contributed by atoms with E-state index in [0.717, 1.165) is 27.4 Å². The van der Waals surface area contributed by atoms with Crippen LogP contribution < -0.4 is 5.32 Å². The normalized spacial score (nSPS) is 11.1. The first kappa shape index (κ1) is 17.6. The van der Waals surface area contributed by atoms with E-state index in [1.54, 1.807) is 17.5 Å². The summed E-state index contributed by atoms with van der Waals surface area (Å²) in [6.07, 6.45) is 3.69. The van der Waals surface area contributed by atoms with E-state index in [9.17, 15) is 0 Å². The van der Waals surface area contributed by atoms with Crippen molar-refractivity contribution in [3.05, 3.63) is 83.6 Å². The van der Waals surface area contributed by atoms with Crippen molar-refractivity contribution in [2.24, 2.45) is 0 Å². The molecule has 0 aliphatic rings. The maximum Gasteiger partial charge on any atom is 0.181 e. The third-order valence-electron chi connectivity index (χ3n) is 4.79. The molecule has 4 aromatic heterocycles. The first-order chi connectivity index (χ1) is 14.3. The molecule has 142 valence electrons. The van der Waals surface area contributed by atoms with Gasteiger partial charge in [0, 0.05) is 28.5 Å². The summed E-state index contributed by atoms with van der Waals surface area (Å²) in [5.41, 5.74) is 4.23. The molecule has 0 radical (unpaired) electrons. The molecule has 0 spiro atoms. The second kappa shape index (κ2) is 7.48. The zero-order chi connectivity index (χ0) is 19.6. The van der Waals surface area contributed by atoms with E-state index in [1.165, 1.54) is 16.0 Å². The van der Waals surface area contributed by atoms with Crippen LogP contribution in [-0.4, -0.2) is 19.9 Å². The van der Waals surface area contributed by atoms with Crippen LogP contribution in [0.5, 0.6) is 0 Å². The molecule has 29 heavy (non-hydrogen) atoms. The molecule has 0 fully saturated rings. The number of H-pyrrole nitrogens is 1. The average Bonchev–Trinajstić information content (AvgIpc) is 3.40. The second-order valence-electron chi connectivity index (χ2n) is 6.74. The fraction of sp³-hybridized carbons (Fsp3) is 0.0870. The zero-order valence-corrected chi connectivity index (χ0v) is 16.7. The van der Waals surface area contributed by atoms with Crippen LogP contribution >= 0.6 is 11.3 Å². The molecule has 4 heterocycles. The Hall–Kier alpha value is -3.51. The van der Waals surface area contributed by atoms with E-state index in [2.05, 4.69) is 52.5 Å². The molecule has 5 rings (SSSR count). The summed E-state index contributed by atoms with van der Waals surface area (Å²) in [5.74, 6) is 1.46. The number of hydrogen-bond acceptors (Lipinski definition) is 5. The van der Waals surface area contributed by atoms with Crippen molar-refractivity contribution >= 4 is 27.4 Å². The van der Waals surface area contributed by atoms with Gasteiger partial charge in [-0.15, -0.1) is 11.3 Å². The van der Waals surface area contributed by atoms with Gasteiger partial charge in [0.05, 0.1) is 11.9 Å². The van der Waals surface area contributed by atoms with Gasteiger partial charge in [-0.05, 0) is 36.8 Å². The summed E-state index contributed by atoms with van der Waals surface area (Å²) in [6.45, 7) is 2.80. The second-order valence-corrected chi connectivity index (χ2v) is 7.94. The molecule has 0 atom stereocenters. The predicted molar refractivity (Wildman–Crippen MR) is 119 cm³/mol. The molecule has 1 aromatic carbocycles. The largest absolute Gasteiger partial charge is 0.364 e. The summed E-state index contributed by atoms with van der Waals surface area (Å²) in [4.78, 5) is 19.6. The van der Waals surface area contributed by atoms with Gasteiger partial charge >= 0.3 is 0 Å². The van der Waals surface area contributed by atoms with Crippen LogP contribution in [0.1, 0.15) is 10.6 Å². The number of fused-ring (bicyclic) bond motifs is 1. The van der Waals surface area contributed by atoms with Gasteiger partial charge in [0.1, 0.15) is 16.3 Å². The minimum atomic E-state index is 0.632. The lowest BCUT2D eigenvalue weighted by atomic mass is 10.0. The Bertz CT molecular complexity index is 1250. The minimum absolute atomic E-state index is 0.632. The third kappa shape index (κ3) is 3.39. The van der Waals surface area contributed by atoms with Crippen LogP contribution in [0.15, 0.2) is 73.1 Å². The van der Waals surface area contributed by atoms with Crippen molar-refractivity contribution in [1.82, 2.24) is 19.9 Å². The lowest BCUT2D eigenvalue weighted by Crippen LogP contribution is -2.04. The number of aromatic nitrogens is 4. The Balaban J connectivity index is 1.70. The molecule has 0 unspecified atom stereocenters. The van der Waals surface area contributed by atoms with Gasteiger partial charge < -0.3 is 10.3 Å². The smallest absolute Gasteiger partial charge is 0.181 e. The molecule has 0 saturated carbocycles. The number of pyridine rings is 1. The van der Waals surface area contributed by atoms with E-state index < -0.39 is 0 Å². The molecule has 0 aliphatic heterocycles. The van der Waals surface area contributed by atoms with E-state index >= 15 is 0 Å². The first-order valence-corrected chi connectivity index (χ1v) is 10.3. The van der Waals surface area contributed by atoms with Crippen LogP contribution in [0.4, 0.5) is 5.82 Å². The summed E-state index contributed by atoms with van der Waals surface area (Å²) < 4.78 is 0. The minimum Gasteiger partial charge on any atom is -0.364 e. The molecule has 5 aromatic rings. The lowest BCUT2D eigenvalue weighted by Gasteiger charge is -2.10. The Morgan fingerprint density at radius 1 is 0.966 bits per heavy atom. The SMILES string of the molecule is Cc1sc2nc(-c3ccccn3)nc(NCc3ccc[nH]3)c2c1-c1ccccc1. The molecule has 0 bridgehead atoms. The zero-order valence-electron chi connectivity index (χ0n) is 15.9. The highest BCUT2D eigenvalue weighted by molar-refractivity contribution is 7.19. The third-order valence-corrected chi connectivity index (χ3v) is 5.79. The topological polar surface area (TPSA) is 66.5 Å². The number of rotatable bonds is 5. The van der Waals surface area contributed by atoms with Crippen LogP contribution in [0.3, 0.4) is 0 Å². The highest BCUT2D eigenvalue weighted by Gasteiger charge is 2.19. The van der Waals surface area contributed by atoms with Gasteiger partial charge in [-0.25, -0.2) is 9.97 Å². The number of hydrogen-bond donors (Lipinski definition) is 2. The van der Waals surface area contributed by atoms with Gasteiger partial charge in [0.25, 0.3) is 0 Å². The number of nitrogens with zero attached hydrogens (tertiary/aromatic N) is 3. The maximum atomic E-state index is 4.88. The van der Waals surface area contributed by atoms with Crippen molar-refractivity contribution in [3.63, 3.8) is 0 Å². The predicted octanol–water partition coefficient (Wildman–Crippen LogP) is 5.67. The van der Waals surface area contributed by atoms with Crippen LogP contribution in [-0.2, 0) is 6.54 Å². The number of aromatic amines is 1. The van der Waals surface area contributed by atoms with Crippen LogP contribution in [0.25, 0.3) is 32.9 Å². The molecule has 0 amide bonds. The Morgan fingerprint density at radius 3 is 2.59 bits per heavy atom. The highest BCUT2D eigenvalue weighted by Crippen LogP contribution is 2.41. The van der Waals surface area contributed by atoms with E-state index in [-0.39, 0.29) is 0 Å². The van der Waals surface area contributed by atoms with Crippen LogP contribution in [0.2, 0.25) is 0 Å². The van der Waals surface area contributed by atoms with Gasteiger partial charge in [0.2, 0.25) is 0 Å². The number of anilines is 1. The average molecular weight is 398 g/mol. The number of benzene rings is 1. The van der Waals surface area contributed by atoms with Gasteiger partial charge in [-0.2, -0.15) is 0 Å². The fourth-order valence-corrected chi connectivity index (χ4v) is 4.50. The standard InChI is InChI=1S/C23H19N5S/c1-15-19(16-8-3-2-4-9-16)20-22(26-14-17-10-7-13-24-17)27-21(28-23(20)29-15)18-11-5-6-12-25-18/h2-13,24H,14H2,1H3,(H,26,27,28). The fourth-order valence-electron chi connectivity index (χ4n) is 3.46. The van der Waals surface area contributed by atoms with Crippen LogP contribution in [0, 0.1) is 6.92 Å². The van der Waals surface area contributed by atoms with Crippen molar-refractivity contribution in [2.75, 3.05) is 5.32 Å². The summed E-state index contributed by atoms with van der Waals surface area (Å²) >= 11 is 1.69. The van der Waals surface area contributed by atoms with Gasteiger partial charge in [-0.1, -0.05) is 36.4 Å². The van der Waals surface area contributed by atoms with Crippen molar-refractivity contribution in [1.29, 1.82) is 0 Å². The molecular formula is C23H19N5S. The van der Waals surface area contributed by atoms with Crippen molar-refractivity contribution < 1.29 is 0 Å². The molecule has 5 nitrogen and oxygen atoms in total. The maximum absolute atomic E-state index is 4.88. The number of nitrogens with one attached hydrogen (secondary N) is 2. The lowest BCUT2D eigenvalue weighted by molar-refractivity contribution is 1.05. The Kier molecular flexibility index (Phi) is 4.54. The van der Waals surface area contributed by atoms with Gasteiger partial charge in [0.15, 0.2) is 5.82 Å². The quantitative estimate of drug-likeness (QED) is 0.401. The van der Waals surface area contributed by atoms with E-state index in [0.29, 0.717) is 12.4 Å². The monoisotopic (exact) mass is 397 g/mol. The van der Waals surface area contributed by atoms with Crippen molar-refractivity contribution in [2.45, 2.75) is 13.5 Å². The molecular weight excluding hydrogens is 378 g/mol. The summed E-state index contributed by atoms with van der Waals surface area (Å²) in [7, 11) is 0. The number of thiophene rings is 1.